The van der Waals surface area contributed by atoms with E-state index in [1.807, 2.05) is 39.0 Å². The molecular formula is C27H30FN5O2S. The van der Waals surface area contributed by atoms with Gasteiger partial charge in [-0.1, -0.05) is 24.9 Å². The Morgan fingerprint density at radius 2 is 1.97 bits per heavy atom. The molecule has 0 saturated heterocycles. The first-order valence-electron chi connectivity index (χ1n) is 11.7. The topological polar surface area (TPSA) is 81.1 Å². The van der Waals surface area contributed by atoms with Crippen LogP contribution in [0, 0.1) is 12.7 Å². The van der Waals surface area contributed by atoms with Gasteiger partial charge in [-0.2, -0.15) is 5.10 Å². The zero-order valence-corrected chi connectivity index (χ0v) is 21.9. The number of pyridine rings is 1. The van der Waals surface area contributed by atoms with Crippen molar-refractivity contribution in [1.82, 2.24) is 14.8 Å². The molecular weight excluding hydrogens is 477 g/mol. The molecule has 9 heteroatoms. The molecule has 7 nitrogen and oxygen atoms in total. The summed E-state index contributed by atoms with van der Waals surface area (Å²) in [6.07, 6.45) is 5.05. The van der Waals surface area contributed by atoms with Crippen molar-refractivity contribution in [3.63, 3.8) is 0 Å². The number of ether oxygens (including phenoxy) is 1. The fourth-order valence-corrected chi connectivity index (χ4v) is 4.16. The van der Waals surface area contributed by atoms with Crippen molar-refractivity contribution in [1.29, 1.82) is 0 Å². The number of rotatable bonds is 8. The highest BCUT2D eigenvalue weighted by atomic mass is 32.2. The Morgan fingerprint density at radius 3 is 2.67 bits per heavy atom. The molecule has 0 saturated carbocycles. The van der Waals surface area contributed by atoms with Crippen LogP contribution in [0.25, 0.3) is 10.9 Å². The molecule has 0 spiro atoms. The van der Waals surface area contributed by atoms with Crippen molar-refractivity contribution in [2.75, 3.05) is 15.8 Å². The third kappa shape index (κ3) is 5.96. The van der Waals surface area contributed by atoms with Gasteiger partial charge in [-0.3, -0.25) is 14.5 Å². The van der Waals surface area contributed by atoms with Crippen LogP contribution in [-0.4, -0.2) is 26.4 Å². The van der Waals surface area contributed by atoms with Crippen LogP contribution in [0.1, 0.15) is 38.8 Å². The largest absolute Gasteiger partial charge is 0.453 e. The molecule has 2 heterocycles. The molecule has 1 amide bonds. The SMILES string of the molecule is CCSNc1ccc2nccc(Oc3c(C)cc(CC(=O)Nc4cnn(C(C)(C)C)c4)cc3F)c2c1. The standard InChI is InChI=1S/C27H30FN5O2S/c1-6-36-32-19-7-8-23-21(14-19)24(9-10-29-23)35-26-17(2)11-18(12-22(26)28)13-25(34)31-20-15-30-33(16-20)27(3,4)5/h7-12,14-16,32H,6,13H2,1-5H3,(H,31,34). The maximum atomic E-state index is 15.2. The van der Waals surface area contributed by atoms with Crippen LogP contribution in [0.2, 0.25) is 0 Å². The van der Waals surface area contributed by atoms with Gasteiger partial charge in [-0.15, -0.1) is 0 Å². The molecule has 4 aromatic rings. The zero-order chi connectivity index (χ0) is 25.9. The van der Waals surface area contributed by atoms with E-state index >= 15 is 4.39 Å². The normalized spacial score (nSPS) is 11.5. The Morgan fingerprint density at radius 1 is 1.17 bits per heavy atom. The van der Waals surface area contributed by atoms with E-state index in [-0.39, 0.29) is 23.6 Å². The fourth-order valence-electron chi connectivity index (χ4n) is 3.72. The van der Waals surface area contributed by atoms with Crippen LogP contribution < -0.4 is 14.8 Å². The molecule has 2 N–H and O–H groups in total. The number of halogens is 1. The predicted molar refractivity (Wildman–Crippen MR) is 144 cm³/mol. The molecule has 0 aliphatic rings. The molecule has 0 atom stereocenters. The lowest BCUT2D eigenvalue weighted by atomic mass is 10.1. The average Bonchev–Trinajstić information content (AvgIpc) is 3.29. The molecule has 0 radical (unpaired) electrons. The molecule has 0 fully saturated rings. The van der Waals surface area contributed by atoms with Gasteiger partial charge < -0.3 is 14.8 Å². The lowest BCUT2D eigenvalue weighted by molar-refractivity contribution is -0.115. The van der Waals surface area contributed by atoms with Gasteiger partial charge in [0.15, 0.2) is 11.6 Å². The molecule has 4 rings (SSSR count). The van der Waals surface area contributed by atoms with E-state index in [1.165, 1.54) is 6.07 Å². The third-order valence-corrected chi connectivity index (χ3v) is 6.12. The number of anilines is 2. The lowest BCUT2D eigenvalue weighted by Gasteiger charge is -2.18. The summed E-state index contributed by atoms with van der Waals surface area (Å²) in [5, 5.41) is 7.89. The number of nitrogens with zero attached hydrogens (tertiary/aromatic N) is 3. The molecule has 188 valence electrons. The first-order chi connectivity index (χ1) is 17.1. The minimum atomic E-state index is -0.529. The van der Waals surface area contributed by atoms with Crippen LogP contribution in [0.4, 0.5) is 15.8 Å². The zero-order valence-electron chi connectivity index (χ0n) is 21.1. The third-order valence-electron chi connectivity index (χ3n) is 5.46. The average molecular weight is 508 g/mol. The van der Waals surface area contributed by atoms with Gasteiger partial charge in [0.05, 0.1) is 29.4 Å². The number of hydrogen-bond donors (Lipinski definition) is 2. The first kappa shape index (κ1) is 25.5. The quantitative estimate of drug-likeness (QED) is 0.259. The molecule has 36 heavy (non-hydrogen) atoms. The number of amides is 1. The van der Waals surface area contributed by atoms with Crippen molar-refractivity contribution in [3.05, 3.63) is 71.9 Å². The van der Waals surface area contributed by atoms with Crippen molar-refractivity contribution >= 4 is 40.1 Å². The Labute approximate surface area is 214 Å². The number of benzene rings is 2. The smallest absolute Gasteiger partial charge is 0.228 e. The maximum Gasteiger partial charge on any atom is 0.228 e. The van der Waals surface area contributed by atoms with E-state index in [9.17, 15) is 4.79 Å². The molecule has 2 aromatic carbocycles. The van der Waals surface area contributed by atoms with E-state index in [1.54, 1.807) is 54.3 Å². The van der Waals surface area contributed by atoms with Gasteiger partial charge in [0.25, 0.3) is 0 Å². The van der Waals surface area contributed by atoms with Crippen LogP contribution >= 0.6 is 11.9 Å². The van der Waals surface area contributed by atoms with E-state index < -0.39 is 5.82 Å². The number of fused-ring (bicyclic) bond motifs is 1. The molecule has 0 aliphatic heterocycles. The van der Waals surface area contributed by atoms with Crippen molar-refractivity contribution in [3.8, 4) is 11.5 Å². The highest BCUT2D eigenvalue weighted by Gasteiger charge is 2.17. The number of hydrogen-bond acceptors (Lipinski definition) is 6. The molecule has 2 aromatic heterocycles. The van der Waals surface area contributed by atoms with Crippen LogP contribution in [0.15, 0.2) is 55.0 Å². The summed E-state index contributed by atoms with van der Waals surface area (Å²) in [7, 11) is 0. The van der Waals surface area contributed by atoms with Gasteiger partial charge in [-0.05, 0) is 69.2 Å². The lowest BCUT2D eigenvalue weighted by Crippen LogP contribution is -2.22. The first-order valence-corrected chi connectivity index (χ1v) is 12.7. The maximum absolute atomic E-state index is 15.2. The number of aryl methyl sites for hydroxylation is 1. The second-order valence-electron chi connectivity index (χ2n) is 9.47. The summed E-state index contributed by atoms with van der Waals surface area (Å²) >= 11 is 1.58. The molecule has 0 unspecified atom stereocenters. The monoisotopic (exact) mass is 507 g/mol. The summed E-state index contributed by atoms with van der Waals surface area (Å²) in [6.45, 7) is 9.90. The second-order valence-corrected chi connectivity index (χ2v) is 10.5. The Balaban J connectivity index is 1.51. The van der Waals surface area contributed by atoms with Crippen LogP contribution in [0.5, 0.6) is 11.5 Å². The van der Waals surface area contributed by atoms with Crippen molar-refractivity contribution in [2.45, 2.75) is 46.6 Å². The summed E-state index contributed by atoms with van der Waals surface area (Å²) in [5.41, 5.74) is 3.23. The minimum absolute atomic E-state index is 0.0288. The molecule has 0 aliphatic carbocycles. The van der Waals surface area contributed by atoms with E-state index in [2.05, 4.69) is 27.0 Å². The van der Waals surface area contributed by atoms with Crippen LogP contribution in [0.3, 0.4) is 0 Å². The fraction of sp³-hybridized carbons (Fsp3) is 0.296. The highest BCUT2D eigenvalue weighted by Crippen LogP contribution is 2.34. The van der Waals surface area contributed by atoms with Gasteiger partial charge >= 0.3 is 0 Å². The Kier molecular flexibility index (Phi) is 7.49. The predicted octanol–water partition coefficient (Wildman–Crippen LogP) is 6.69. The van der Waals surface area contributed by atoms with Gasteiger partial charge in [0, 0.05) is 29.2 Å². The minimum Gasteiger partial charge on any atom is -0.453 e. The summed E-state index contributed by atoms with van der Waals surface area (Å²) in [6, 6.07) is 10.6. The second kappa shape index (κ2) is 10.6. The summed E-state index contributed by atoms with van der Waals surface area (Å²) < 4.78 is 26.2. The highest BCUT2D eigenvalue weighted by molar-refractivity contribution is 8.00. The van der Waals surface area contributed by atoms with Gasteiger partial charge in [-0.25, -0.2) is 4.39 Å². The summed E-state index contributed by atoms with van der Waals surface area (Å²) in [5.74, 6) is 0.775. The van der Waals surface area contributed by atoms with Crippen molar-refractivity contribution in [2.24, 2.45) is 0 Å². The van der Waals surface area contributed by atoms with Crippen LogP contribution in [-0.2, 0) is 16.8 Å². The van der Waals surface area contributed by atoms with Gasteiger partial charge in [0.2, 0.25) is 5.91 Å². The Hall–Kier alpha value is -3.59. The van der Waals surface area contributed by atoms with E-state index in [0.717, 1.165) is 22.3 Å². The number of nitrogens with one attached hydrogen (secondary N) is 2. The van der Waals surface area contributed by atoms with E-state index in [4.69, 9.17) is 4.74 Å². The number of carbonyl (C=O) groups is 1. The number of carbonyl (C=O) groups excluding carboxylic acids is 1. The summed E-state index contributed by atoms with van der Waals surface area (Å²) in [4.78, 5) is 17.0. The Bertz CT molecular complexity index is 1370. The van der Waals surface area contributed by atoms with Gasteiger partial charge in [0.1, 0.15) is 5.75 Å². The number of aromatic nitrogens is 3. The van der Waals surface area contributed by atoms with E-state index in [0.29, 0.717) is 22.6 Å². The van der Waals surface area contributed by atoms with Crippen molar-refractivity contribution < 1.29 is 13.9 Å². The molecule has 0 bridgehead atoms.